The van der Waals surface area contributed by atoms with E-state index in [0.29, 0.717) is 6.54 Å². The fraction of sp³-hybridized carbons (Fsp3) is 0.545. The molecule has 1 aromatic heterocycles. The van der Waals surface area contributed by atoms with Gasteiger partial charge in [0.1, 0.15) is 4.21 Å². The van der Waals surface area contributed by atoms with Crippen LogP contribution in [0.4, 0.5) is 0 Å². The molecule has 0 spiro atoms. The van der Waals surface area contributed by atoms with Crippen LogP contribution in [0.3, 0.4) is 0 Å². The minimum atomic E-state index is -3.54. The minimum absolute atomic E-state index is 0.0147. The van der Waals surface area contributed by atoms with Gasteiger partial charge in [0.2, 0.25) is 0 Å². The molecule has 0 bridgehead atoms. The predicted molar refractivity (Wildman–Crippen MR) is 68.5 cm³/mol. The maximum atomic E-state index is 12.4. The average Bonchev–Trinajstić information content (AvgIpc) is 2.79. The first kappa shape index (κ1) is 13.5. The molecule has 0 aliphatic carbocycles. The van der Waals surface area contributed by atoms with Crippen molar-refractivity contribution in [2.24, 2.45) is 0 Å². The van der Waals surface area contributed by atoms with Gasteiger partial charge in [-0.1, -0.05) is 6.42 Å². The first-order chi connectivity index (χ1) is 8.43. The van der Waals surface area contributed by atoms with Crippen molar-refractivity contribution in [2.45, 2.75) is 36.4 Å². The van der Waals surface area contributed by atoms with Gasteiger partial charge in [-0.25, -0.2) is 13.2 Å². The molecular weight excluding hydrogens is 274 g/mol. The fourth-order valence-electron chi connectivity index (χ4n) is 2.11. The van der Waals surface area contributed by atoms with Gasteiger partial charge in [0.15, 0.2) is 0 Å². The third-order valence-corrected chi connectivity index (χ3v) is 6.56. The van der Waals surface area contributed by atoms with Crippen molar-refractivity contribution in [2.75, 3.05) is 6.54 Å². The summed E-state index contributed by atoms with van der Waals surface area (Å²) < 4.78 is 26.4. The van der Waals surface area contributed by atoms with Crippen molar-refractivity contribution in [1.29, 1.82) is 0 Å². The zero-order valence-electron chi connectivity index (χ0n) is 10.00. The minimum Gasteiger partial charge on any atom is -0.478 e. The Morgan fingerprint density at radius 1 is 1.50 bits per heavy atom. The van der Waals surface area contributed by atoms with Gasteiger partial charge in [-0.3, -0.25) is 0 Å². The van der Waals surface area contributed by atoms with E-state index in [1.807, 2.05) is 6.92 Å². The Hall–Kier alpha value is -0.920. The van der Waals surface area contributed by atoms with Crippen molar-refractivity contribution in [1.82, 2.24) is 4.31 Å². The number of sulfonamides is 1. The molecule has 2 heterocycles. The molecule has 1 atom stereocenters. The second-order valence-electron chi connectivity index (χ2n) is 4.42. The number of carbonyl (C=O) groups is 1. The van der Waals surface area contributed by atoms with Crippen LogP contribution in [0.5, 0.6) is 0 Å². The first-order valence-corrected chi connectivity index (χ1v) is 8.08. The average molecular weight is 289 g/mol. The fourth-order valence-corrected chi connectivity index (χ4v) is 5.09. The number of carboxylic acids is 1. The van der Waals surface area contributed by atoms with Crippen molar-refractivity contribution < 1.29 is 18.3 Å². The lowest BCUT2D eigenvalue weighted by Crippen LogP contribution is -2.41. The molecule has 0 radical (unpaired) electrons. The van der Waals surface area contributed by atoms with E-state index in [0.717, 1.165) is 30.6 Å². The molecule has 1 unspecified atom stereocenters. The van der Waals surface area contributed by atoms with Crippen LogP contribution >= 0.6 is 11.3 Å². The molecule has 100 valence electrons. The topological polar surface area (TPSA) is 74.7 Å². The van der Waals surface area contributed by atoms with E-state index in [9.17, 15) is 13.2 Å². The smallest absolute Gasteiger partial charge is 0.336 e. The van der Waals surface area contributed by atoms with Gasteiger partial charge in [-0.05, 0) is 25.8 Å². The Kier molecular flexibility index (Phi) is 3.74. The predicted octanol–water partition coefficient (Wildman–Crippen LogP) is 2.01. The highest BCUT2D eigenvalue weighted by atomic mass is 32.2. The summed E-state index contributed by atoms with van der Waals surface area (Å²) >= 11 is 0.970. The van der Waals surface area contributed by atoms with Crippen LogP contribution in [0.15, 0.2) is 15.7 Å². The van der Waals surface area contributed by atoms with E-state index in [-0.39, 0.29) is 15.8 Å². The van der Waals surface area contributed by atoms with Crippen LogP contribution in [-0.4, -0.2) is 36.4 Å². The van der Waals surface area contributed by atoms with E-state index < -0.39 is 16.0 Å². The Balaban J connectivity index is 2.31. The lowest BCUT2D eigenvalue weighted by atomic mass is 10.1. The monoisotopic (exact) mass is 289 g/mol. The molecule has 5 nitrogen and oxygen atoms in total. The van der Waals surface area contributed by atoms with Crippen LogP contribution in [0.2, 0.25) is 0 Å². The molecule has 1 aromatic rings. The van der Waals surface area contributed by atoms with Gasteiger partial charge in [0.05, 0.1) is 5.56 Å². The molecule has 1 aliphatic heterocycles. The van der Waals surface area contributed by atoms with Crippen molar-refractivity contribution in [3.8, 4) is 0 Å². The standard InChI is InChI=1S/C11H15NO4S2/c1-8-4-2-3-5-12(8)18(15,16)10-6-9(7-17-10)11(13)14/h6-8H,2-5H2,1H3,(H,13,14). The third-order valence-electron chi connectivity index (χ3n) is 3.13. The molecule has 7 heteroatoms. The maximum absolute atomic E-state index is 12.4. The highest BCUT2D eigenvalue weighted by Gasteiger charge is 2.32. The largest absolute Gasteiger partial charge is 0.478 e. The van der Waals surface area contributed by atoms with Crippen LogP contribution in [0.1, 0.15) is 36.5 Å². The summed E-state index contributed by atoms with van der Waals surface area (Å²) in [6, 6.07) is 1.23. The Morgan fingerprint density at radius 3 is 2.78 bits per heavy atom. The quantitative estimate of drug-likeness (QED) is 0.923. The van der Waals surface area contributed by atoms with E-state index in [1.165, 1.54) is 15.8 Å². The summed E-state index contributed by atoms with van der Waals surface area (Å²) in [6.45, 7) is 2.41. The highest BCUT2D eigenvalue weighted by Crippen LogP contribution is 2.28. The number of thiophene rings is 1. The van der Waals surface area contributed by atoms with E-state index in [2.05, 4.69) is 0 Å². The molecule has 1 fully saturated rings. The van der Waals surface area contributed by atoms with E-state index in [4.69, 9.17) is 5.11 Å². The molecule has 0 aromatic carbocycles. The Morgan fingerprint density at radius 2 is 2.22 bits per heavy atom. The van der Waals surface area contributed by atoms with Gasteiger partial charge in [0.25, 0.3) is 10.0 Å². The first-order valence-electron chi connectivity index (χ1n) is 5.76. The van der Waals surface area contributed by atoms with Gasteiger partial charge in [-0.15, -0.1) is 11.3 Å². The molecular formula is C11H15NO4S2. The van der Waals surface area contributed by atoms with E-state index in [1.54, 1.807) is 0 Å². The SMILES string of the molecule is CC1CCCCN1S(=O)(=O)c1cc(C(=O)O)cs1. The molecule has 1 saturated heterocycles. The number of hydrogen-bond acceptors (Lipinski definition) is 4. The third kappa shape index (κ3) is 2.43. The van der Waals surface area contributed by atoms with Crippen molar-refractivity contribution in [3.63, 3.8) is 0 Å². The second-order valence-corrected chi connectivity index (χ2v) is 7.45. The normalized spacial score (nSPS) is 21.9. The number of carboxylic acid groups (broad SMARTS) is 1. The number of nitrogens with zero attached hydrogens (tertiary/aromatic N) is 1. The number of aromatic carboxylic acids is 1. The highest BCUT2D eigenvalue weighted by molar-refractivity contribution is 7.91. The zero-order chi connectivity index (χ0) is 13.3. The van der Waals surface area contributed by atoms with Gasteiger partial charge < -0.3 is 5.11 Å². The zero-order valence-corrected chi connectivity index (χ0v) is 11.6. The molecule has 1 aliphatic rings. The second kappa shape index (κ2) is 4.99. The van der Waals surface area contributed by atoms with Crippen molar-refractivity contribution >= 4 is 27.3 Å². The van der Waals surface area contributed by atoms with Crippen LogP contribution in [0, 0.1) is 0 Å². The molecule has 0 amide bonds. The Bertz CT molecular complexity index is 549. The van der Waals surface area contributed by atoms with Gasteiger partial charge in [-0.2, -0.15) is 4.31 Å². The number of rotatable bonds is 3. The van der Waals surface area contributed by atoms with E-state index >= 15 is 0 Å². The molecule has 18 heavy (non-hydrogen) atoms. The molecule has 0 saturated carbocycles. The van der Waals surface area contributed by atoms with Crippen LogP contribution in [0.25, 0.3) is 0 Å². The van der Waals surface area contributed by atoms with Crippen molar-refractivity contribution in [3.05, 3.63) is 17.0 Å². The summed E-state index contributed by atoms with van der Waals surface area (Å²) in [5.74, 6) is -1.10. The lowest BCUT2D eigenvalue weighted by molar-refractivity contribution is 0.0697. The summed E-state index contributed by atoms with van der Waals surface area (Å²) in [5.41, 5.74) is 0.0308. The number of hydrogen-bond donors (Lipinski definition) is 1. The van der Waals surface area contributed by atoms with Gasteiger partial charge in [0, 0.05) is 18.0 Å². The summed E-state index contributed by atoms with van der Waals surface area (Å²) in [4.78, 5) is 10.8. The lowest BCUT2D eigenvalue weighted by Gasteiger charge is -2.31. The maximum Gasteiger partial charge on any atom is 0.336 e. The van der Waals surface area contributed by atoms with Crippen LogP contribution < -0.4 is 0 Å². The summed E-state index contributed by atoms with van der Waals surface area (Å²) in [7, 11) is -3.54. The summed E-state index contributed by atoms with van der Waals surface area (Å²) in [6.07, 6.45) is 2.76. The molecule has 1 N–H and O–H groups in total. The molecule has 2 rings (SSSR count). The number of piperidine rings is 1. The Labute approximate surface area is 110 Å². The van der Waals surface area contributed by atoms with Gasteiger partial charge >= 0.3 is 5.97 Å². The summed E-state index contributed by atoms with van der Waals surface area (Å²) in [5, 5.41) is 10.2. The van der Waals surface area contributed by atoms with Crippen LogP contribution in [-0.2, 0) is 10.0 Å².